The topological polar surface area (TPSA) is 79.6 Å². The second kappa shape index (κ2) is 10.8. The molecule has 7 nitrogen and oxygen atoms in total. The molecule has 1 N–H and O–H groups in total. The number of fused-ring (bicyclic) bond motifs is 1. The number of aromatic nitrogens is 3. The van der Waals surface area contributed by atoms with E-state index in [4.69, 9.17) is 4.98 Å². The Kier molecular flexibility index (Phi) is 7.31. The van der Waals surface area contributed by atoms with Gasteiger partial charge < -0.3 is 5.32 Å². The molecule has 9 heteroatoms. The summed E-state index contributed by atoms with van der Waals surface area (Å²) in [6.45, 7) is 3.04. The second-order valence-electron chi connectivity index (χ2n) is 9.40. The molecule has 38 heavy (non-hydrogen) atoms. The molecular weight excluding hydrogens is 493 g/mol. The lowest BCUT2D eigenvalue weighted by Crippen LogP contribution is -2.29. The summed E-state index contributed by atoms with van der Waals surface area (Å²) in [4.78, 5) is 5.14. The molecule has 0 saturated carbocycles. The number of hydrogen-bond donors (Lipinski definition) is 1. The van der Waals surface area contributed by atoms with E-state index < -0.39 is 10.0 Å². The Bertz CT molecular complexity index is 1670. The van der Waals surface area contributed by atoms with Crippen LogP contribution in [-0.4, -0.2) is 55.3 Å². The fourth-order valence-electron chi connectivity index (χ4n) is 4.47. The molecule has 0 aliphatic rings. The summed E-state index contributed by atoms with van der Waals surface area (Å²) in [5.41, 5.74) is 6.93. The lowest BCUT2D eigenvalue weighted by atomic mass is 10.00. The van der Waals surface area contributed by atoms with Gasteiger partial charge in [0.15, 0.2) is 5.65 Å². The fourth-order valence-corrected chi connectivity index (χ4v) is 5.67. The zero-order valence-electron chi connectivity index (χ0n) is 21.8. The zero-order valence-corrected chi connectivity index (χ0v) is 22.6. The molecule has 0 spiro atoms. The van der Waals surface area contributed by atoms with E-state index in [1.807, 2.05) is 68.5 Å². The lowest BCUT2D eigenvalue weighted by molar-refractivity contribution is 0.465. The number of rotatable bonds is 9. The first kappa shape index (κ1) is 25.7. The van der Waals surface area contributed by atoms with E-state index in [-0.39, 0.29) is 0 Å². The van der Waals surface area contributed by atoms with Gasteiger partial charge in [0.2, 0.25) is 10.0 Å². The van der Waals surface area contributed by atoms with Crippen molar-refractivity contribution in [3.63, 3.8) is 0 Å². The van der Waals surface area contributed by atoms with E-state index in [2.05, 4.69) is 29.5 Å². The first-order valence-electron chi connectivity index (χ1n) is 12.6. The van der Waals surface area contributed by atoms with E-state index in [9.17, 15) is 8.42 Å². The summed E-state index contributed by atoms with van der Waals surface area (Å²) in [7, 11) is 0.0324. The molecule has 0 radical (unpaired) electrons. The number of anilines is 1. The van der Waals surface area contributed by atoms with Crippen molar-refractivity contribution in [2.45, 2.75) is 18.2 Å². The van der Waals surface area contributed by atoms with Crippen LogP contribution in [-0.2, 0) is 10.0 Å². The van der Waals surface area contributed by atoms with Crippen LogP contribution in [0.4, 0.5) is 5.82 Å². The number of sulfonamides is 1. The fraction of sp³-hybridized carbons (Fsp3) is 0.172. The van der Waals surface area contributed by atoms with E-state index in [1.54, 1.807) is 29.9 Å². The summed E-state index contributed by atoms with van der Waals surface area (Å²) in [5.74, 6) is 0.823. The average Bonchev–Trinajstić information content (AvgIpc) is 3.32. The molecule has 0 saturated heterocycles. The predicted molar refractivity (Wildman–Crippen MR) is 156 cm³/mol. The third kappa shape index (κ3) is 5.21. The summed E-state index contributed by atoms with van der Waals surface area (Å²) < 4.78 is 29.5. The van der Waals surface area contributed by atoms with Gasteiger partial charge in [0, 0.05) is 38.0 Å². The highest BCUT2D eigenvalue weighted by Crippen LogP contribution is 2.25. The Morgan fingerprint density at radius 1 is 0.947 bits per heavy atom. The zero-order chi connectivity index (χ0) is 26.7. The molecule has 2 aromatic heterocycles. The quantitative estimate of drug-likeness (QED) is 0.235. The number of nitrogens with zero attached hydrogens (tertiary/aromatic N) is 4. The molecule has 0 bridgehead atoms. The van der Waals surface area contributed by atoms with E-state index >= 15 is 0 Å². The van der Waals surface area contributed by atoms with Crippen molar-refractivity contribution in [1.82, 2.24) is 18.9 Å². The maximum Gasteiger partial charge on any atom is 0.242 e. The Morgan fingerprint density at radius 2 is 1.63 bits per heavy atom. The first-order chi connectivity index (χ1) is 18.3. The maximum absolute atomic E-state index is 13.1. The van der Waals surface area contributed by atoms with Crippen molar-refractivity contribution in [3.8, 4) is 22.4 Å². The summed E-state index contributed by atoms with van der Waals surface area (Å²) in [5, 5.41) is 7.92. The number of benzene rings is 3. The van der Waals surface area contributed by atoms with Crippen molar-refractivity contribution >= 4 is 34.8 Å². The van der Waals surface area contributed by atoms with Crippen LogP contribution in [0.2, 0.25) is 0 Å². The maximum atomic E-state index is 13.1. The van der Waals surface area contributed by atoms with Crippen LogP contribution in [0, 0.1) is 6.92 Å². The molecule has 0 amide bonds. The Labute approximate surface area is 224 Å². The molecule has 3 aromatic carbocycles. The number of aryl methyl sites for hydroxylation is 1. The lowest BCUT2D eigenvalue weighted by Gasteiger charge is -2.18. The van der Waals surface area contributed by atoms with Gasteiger partial charge in [-0.25, -0.2) is 17.7 Å². The highest BCUT2D eigenvalue weighted by Gasteiger charge is 2.20. The third-order valence-electron chi connectivity index (χ3n) is 6.69. The number of hydrogen-bond acceptors (Lipinski definition) is 5. The van der Waals surface area contributed by atoms with Crippen molar-refractivity contribution in [1.29, 1.82) is 0 Å². The molecule has 5 rings (SSSR count). The van der Waals surface area contributed by atoms with Gasteiger partial charge in [-0.3, -0.25) is 0 Å². The van der Waals surface area contributed by atoms with Crippen LogP contribution >= 0.6 is 0 Å². The third-order valence-corrected chi connectivity index (χ3v) is 8.57. The molecule has 0 aliphatic heterocycles. The largest absolute Gasteiger partial charge is 0.370 e. The SMILES string of the molecule is Bc1cnn2c(NCCCN(C)S(=O)(=O)c3ccc(-c4ccccc4)cc3)cc(-c3ccccc3C)nc12. The molecular formula is C29H30BN5O2S. The molecule has 0 aliphatic carbocycles. The van der Waals surface area contributed by atoms with Gasteiger partial charge in [0.25, 0.3) is 0 Å². The molecule has 5 aromatic rings. The van der Waals surface area contributed by atoms with Gasteiger partial charge in [0.05, 0.1) is 10.6 Å². The van der Waals surface area contributed by atoms with Crippen molar-refractivity contribution in [2.24, 2.45) is 0 Å². The van der Waals surface area contributed by atoms with Gasteiger partial charge in [-0.15, -0.1) is 0 Å². The van der Waals surface area contributed by atoms with Crippen LogP contribution in [0.3, 0.4) is 0 Å². The van der Waals surface area contributed by atoms with Crippen LogP contribution in [0.1, 0.15) is 12.0 Å². The Balaban J connectivity index is 1.26. The molecule has 0 fully saturated rings. The Morgan fingerprint density at radius 3 is 2.37 bits per heavy atom. The summed E-state index contributed by atoms with van der Waals surface area (Å²) in [6, 6.07) is 27.1. The van der Waals surface area contributed by atoms with Gasteiger partial charge in [-0.05, 0) is 47.6 Å². The highest BCUT2D eigenvalue weighted by atomic mass is 32.2. The van der Waals surface area contributed by atoms with Crippen LogP contribution in [0.15, 0.2) is 96.0 Å². The minimum absolute atomic E-state index is 0.290. The smallest absolute Gasteiger partial charge is 0.242 e. The molecule has 0 atom stereocenters. The first-order valence-corrected chi connectivity index (χ1v) is 14.1. The van der Waals surface area contributed by atoms with Crippen LogP contribution in [0.25, 0.3) is 28.0 Å². The highest BCUT2D eigenvalue weighted by molar-refractivity contribution is 7.89. The summed E-state index contributed by atoms with van der Waals surface area (Å²) >= 11 is 0. The van der Waals surface area contributed by atoms with Gasteiger partial charge >= 0.3 is 0 Å². The van der Waals surface area contributed by atoms with Gasteiger partial charge in [-0.1, -0.05) is 66.7 Å². The normalized spacial score (nSPS) is 11.8. The predicted octanol–water partition coefficient (Wildman–Crippen LogP) is 3.75. The standard InChI is InChI=1S/C29H30BN5O2S/c1-21-9-6-7-12-25(21)27-19-28(35-29(33-27)26(30)20-32-35)31-17-8-18-34(2)38(36,37)24-15-13-23(14-16-24)22-10-4-3-5-11-22/h3-7,9-16,19-20,31H,8,17-18,30H2,1-2H3. The Hall–Kier alpha value is -3.95. The summed E-state index contributed by atoms with van der Waals surface area (Å²) in [6.07, 6.45) is 2.43. The second-order valence-corrected chi connectivity index (χ2v) is 11.4. The van der Waals surface area contributed by atoms with Crippen LogP contribution in [0.5, 0.6) is 0 Å². The van der Waals surface area contributed by atoms with Gasteiger partial charge in [0.1, 0.15) is 13.7 Å². The van der Waals surface area contributed by atoms with Crippen molar-refractivity contribution < 1.29 is 8.42 Å². The number of nitrogens with one attached hydrogen (secondary N) is 1. The monoisotopic (exact) mass is 523 g/mol. The van der Waals surface area contributed by atoms with E-state index in [1.165, 1.54) is 4.31 Å². The molecule has 2 heterocycles. The molecule has 192 valence electrons. The average molecular weight is 523 g/mol. The van der Waals surface area contributed by atoms with Crippen molar-refractivity contribution in [2.75, 3.05) is 25.5 Å². The minimum Gasteiger partial charge on any atom is -0.370 e. The van der Waals surface area contributed by atoms with Crippen LogP contribution < -0.4 is 10.8 Å². The van der Waals surface area contributed by atoms with Gasteiger partial charge in [-0.2, -0.15) is 9.61 Å². The van der Waals surface area contributed by atoms with Crippen molar-refractivity contribution in [3.05, 3.63) is 96.7 Å². The van der Waals surface area contributed by atoms with E-state index in [0.717, 1.165) is 44.9 Å². The van der Waals surface area contributed by atoms with E-state index in [0.29, 0.717) is 24.4 Å². The minimum atomic E-state index is -3.58. The molecule has 0 unspecified atom stereocenters.